The topological polar surface area (TPSA) is 105 Å². The number of hydrogen-bond acceptors (Lipinski definition) is 9. The molecular formula is C37H42F2N8O4. The third-order valence-corrected chi connectivity index (χ3v) is 9.80. The van der Waals surface area contributed by atoms with Crippen molar-refractivity contribution in [2.24, 2.45) is 7.05 Å². The third kappa shape index (κ3) is 7.10. The van der Waals surface area contributed by atoms with E-state index in [0.29, 0.717) is 11.6 Å². The van der Waals surface area contributed by atoms with Crippen LogP contribution in [-0.2, 0) is 28.7 Å². The highest BCUT2D eigenvalue weighted by atomic mass is 19.1. The van der Waals surface area contributed by atoms with Crippen molar-refractivity contribution >= 4 is 11.4 Å². The lowest BCUT2D eigenvalue weighted by Crippen LogP contribution is -2.46. The minimum absolute atomic E-state index is 0.0853. The molecule has 2 saturated heterocycles. The van der Waals surface area contributed by atoms with E-state index in [1.54, 1.807) is 28.8 Å². The monoisotopic (exact) mass is 700 g/mol. The van der Waals surface area contributed by atoms with E-state index in [4.69, 9.17) is 14.2 Å². The van der Waals surface area contributed by atoms with Gasteiger partial charge in [-0.15, -0.1) is 10.2 Å². The standard InChI is InChI=1S/C37H42F2N8O4/c1-4-27(5-2)46-25-41-47(36(46)48)30-9-7-28(8-10-30)44-16-18-45(19-17-44)29-11-13-31(14-12-29)49-22-32-23-50-37(51-32,21-35-42-40-24-43(35)3)33-15-6-26(38)20-34(33)39/h6-15,20,24-25,27,32H,4-5,16-19,21-23H2,1-3H3. The minimum atomic E-state index is -1.50. The summed E-state index contributed by atoms with van der Waals surface area (Å²) in [6.45, 7) is 7.89. The molecule has 2 aliphatic heterocycles. The van der Waals surface area contributed by atoms with Crippen molar-refractivity contribution in [2.45, 2.75) is 51.0 Å². The number of anilines is 2. The molecule has 5 aromatic rings. The third-order valence-electron chi connectivity index (χ3n) is 9.80. The predicted octanol–water partition coefficient (Wildman–Crippen LogP) is 5.02. The van der Waals surface area contributed by atoms with Crippen molar-refractivity contribution in [1.29, 1.82) is 0 Å². The lowest BCUT2D eigenvalue weighted by atomic mass is 10.0. The molecule has 2 aliphatic rings. The number of aromatic nitrogens is 6. The maximum Gasteiger partial charge on any atom is 0.350 e. The van der Waals surface area contributed by atoms with E-state index in [-0.39, 0.29) is 36.9 Å². The lowest BCUT2D eigenvalue weighted by molar-refractivity contribution is -0.181. The van der Waals surface area contributed by atoms with E-state index in [0.717, 1.165) is 62.1 Å². The SMILES string of the molecule is CCC(CC)n1cnn(-c2ccc(N3CCN(c4ccc(OCC5COC(Cc6nncn6C)(c6ccc(F)cc6F)O5)cc4)CC3)cc2)c1=O. The van der Waals surface area contributed by atoms with Crippen LogP contribution < -0.4 is 20.2 Å². The van der Waals surface area contributed by atoms with Crippen LogP contribution in [0.4, 0.5) is 20.2 Å². The summed E-state index contributed by atoms with van der Waals surface area (Å²) in [4.78, 5) is 17.6. The summed E-state index contributed by atoms with van der Waals surface area (Å²) in [5, 5.41) is 12.4. The first kappa shape index (κ1) is 34.4. The fourth-order valence-electron chi connectivity index (χ4n) is 6.84. The molecule has 3 aromatic carbocycles. The first-order valence-electron chi connectivity index (χ1n) is 17.4. The first-order valence-corrected chi connectivity index (χ1v) is 17.4. The van der Waals surface area contributed by atoms with Crippen LogP contribution in [-0.4, -0.2) is 74.6 Å². The molecule has 0 bridgehead atoms. The Hall–Kier alpha value is -5.08. The quantitative estimate of drug-likeness (QED) is 0.178. The van der Waals surface area contributed by atoms with Crippen molar-refractivity contribution in [3.8, 4) is 11.4 Å². The second kappa shape index (κ2) is 14.6. The zero-order valence-corrected chi connectivity index (χ0v) is 29.0. The molecule has 268 valence electrons. The van der Waals surface area contributed by atoms with Crippen LogP contribution >= 0.6 is 0 Å². The summed E-state index contributed by atoms with van der Waals surface area (Å²) in [6, 6.07) is 19.4. The summed E-state index contributed by atoms with van der Waals surface area (Å²) in [5.41, 5.74) is 2.94. The van der Waals surface area contributed by atoms with Gasteiger partial charge >= 0.3 is 5.69 Å². The molecule has 2 atom stereocenters. The fourth-order valence-corrected chi connectivity index (χ4v) is 6.84. The summed E-state index contributed by atoms with van der Waals surface area (Å²) >= 11 is 0. The van der Waals surface area contributed by atoms with Gasteiger partial charge in [-0.05, 0) is 73.5 Å². The van der Waals surface area contributed by atoms with Gasteiger partial charge in [0.2, 0.25) is 5.79 Å². The highest BCUT2D eigenvalue weighted by molar-refractivity contribution is 5.54. The zero-order valence-electron chi connectivity index (χ0n) is 29.0. The molecular weight excluding hydrogens is 658 g/mol. The summed E-state index contributed by atoms with van der Waals surface area (Å²) in [7, 11) is 1.78. The number of ether oxygens (including phenoxy) is 3. The van der Waals surface area contributed by atoms with Crippen LogP contribution in [0.15, 0.2) is 84.2 Å². The summed E-state index contributed by atoms with van der Waals surface area (Å²) in [6.07, 6.45) is 4.53. The van der Waals surface area contributed by atoms with Crippen LogP contribution in [0.1, 0.15) is 44.1 Å². The van der Waals surface area contributed by atoms with Crippen molar-refractivity contribution in [2.75, 3.05) is 49.2 Å². The molecule has 0 amide bonds. The molecule has 0 radical (unpaired) electrons. The van der Waals surface area contributed by atoms with Crippen molar-refractivity contribution in [1.82, 2.24) is 29.1 Å². The van der Waals surface area contributed by atoms with E-state index >= 15 is 0 Å². The number of rotatable bonds is 12. The Kier molecular flexibility index (Phi) is 9.87. The van der Waals surface area contributed by atoms with E-state index in [1.807, 2.05) is 36.4 Å². The number of aryl methyl sites for hydroxylation is 1. The average Bonchev–Trinajstić information content (AvgIpc) is 3.87. The molecule has 14 heteroatoms. The molecule has 12 nitrogen and oxygen atoms in total. The minimum Gasteiger partial charge on any atom is -0.491 e. The second-order valence-corrected chi connectivity index (χ2v) is 13.0. The van der Waals surface area contributed by atoms with Gasteiger partial charge < -0.3 is 28.6 Å². The van der Waals surface area contributed by atoms with Gasteiger partial charge in [-0.25, -0.2) is 13.6 Å². The van der Waals surface area contributed by atoms with E-state index in [1.165, 1.54) is 16.8 Å². The molecule has 2 unspecified atom stereocenters. The van der Waals surface area contributed by atoms with Gasteiger partial charge in [0.1, 0.15) is 48.6 Å². The molecule has 0 spiro atoms. The maximum absolute atomic E-state index is 15.0. The van der Waals surface area contributed by atoms with Crippen LogP contribution in [0.3, 0.4) is 0 Å². The Bertz CT molecular complexity index is 1980. The van der Waals surface area contributed by atoms with Gasteiger partial charge in [0, 0.05) is 62.3 Å². The Balaban J connectivity index is 0.930. The lowest BCUT2D eigenvalue weighted by Gasteiger charge is -2.37. The van der Waals surface area contributed by atoms with Gasteiger partial charge in [-0.2, -0.15) is 9.78 Å². The van der Waals surface area contributed by atoms with Crippen molar-refractivity contribution in [3.05, 3.63) is 113 Å². The van der Waals surface area contributed by atoms with Crippen LogP contribution in [0, 0.1) is 11.6 Å². The van der Waals surface area contributed by atoms with Gasteiger partial charge in [0.15, 0.2) is 0 Å². The molecule has 51 heavy (non-hydrogen) atoms. The number of hydrogen-bond donors (Lipinski definition) is 0. The fraction of sp³-hybridized carbons (Fsp3) is 0.405. The van der Waals surface area contributed by atoms with Crippen LogP contribution in [0.5, 0.6) is 5.75 Å². The Morgan fingerprint density at radius 1 is 0.902 bits per heavy atom. The second-order valence-electron chi connectivity index (χ2n) is 13.0. The van der Waals surface area contributed by atoms with Gasteiger partial charge in [0.25, 0.3) is 0 Å². The molecule has 7 rings (SSSR count). The highest BCUT2D eigenvalue weighted by Gasteiger charge is 2.46. The largest absolute Gasteiger partial charge is 0.491 e. The van der Waals surface area contributed by atoms with Crippen LogP contribution in [0.25, 0.3) is 5.69 Å². The van der Waals surface area contributed by atoms with E-state index < -0.39 is 23.5 Å². The molecule has 2 fully saturated rings. The van der Waals surface area contributed by atoms with Gasteiger partial charge in [0.05, 0.1) is 18.7 Å². The molecule has 0 aliphatic carbocycles. The molecule has 0 N–H and O–H groups in total. The number of halogens is 2. The number of benzene rings is 3. The van der Waals surface area contributed by atoms with Gasteiger partial charge in [-0.1, -0.05) is 13.8 Å². The normalized spacial score (nSPS) is 19.3. The van der Waals surface area contributed by atoms with Crippen molar-refractivity contribution < 1.29 is 23.0 Å². The Morgan fingerprint density at radius 3 is 2.16 bits per heavy atom. The average molecular weight is 701 g/mol. The Labute approximate surface area is 294 Å². The smallest absolute Gasteiger partial charge is 0.350 e. The van der Waals surface area contributed by atoms with Crippen LogP contribution in [0.2, 0.25) is 0 Å². The summed E-state index contributed by atoms with van der Waals surface area (Å²) < 4.78 is 52.1. The molecule has 4 heterocycles. The van der Waals surface area contributed by atoms with E-state index in [2.05, 4.69) is 51.1 Å². The predicted molar refractivity (Wildman–Crippen MR) is 187 cm³/mol. The van der Waals surface area contributed by atoms with Gasteiger partial charge in [-0.3, -0.25) is 4.57 Å². The Morgan fingerprint density at radius 2 is 1.55 bits per heavy atom. The zero-order chi connectivity index (χ0) is 35.5. The van der Waals surface area contributed by atoms with E-state index in [9.17, 15) is 13.6 Å². The number of piperazine rings is 1. The van der Waals surface area contributed by atoms with Crippen molar-refractivity contribution in [3.63, 3.8) is 0 Å². The maximum atomic E-state index is 15.0. The summed E-state index contributed by atoms with van der Waals surface area (Å²) in [5.74, 6) is -1.75. The first-order chi connectivity index (χ1) is 24.8. The number of nitrogens with zero attached hydrogens (tertiary/aromatic N) is 8. The molecule has 2 aromatic heterocycles. The molecule has 0 saturated carbocycles. The highest BCUT2D eigenvalue weighted by Crippen LogP contribution is 2.39.